The van der Waals surface area contributed by atoms with E-state index < -0.39 is 0 Å². The fourth-order valence-electron chi connectivity index (χ4n) is 1.54. The molecule has 122 valence electrons. The molecular weight excluding hydrogens is 294 g/mol. The van der Waals surface area contributed by atoms with Crippen LogP contribution in [0.5, 0.6) is 0 Å². The van der Waals surface area contributed by atoms with Gasteiger partial charge in [-0.3, -0.25) is 15.0 Å². The molecule has 0 aliphatic rings. The van der Waals surface area contributed by atoms with Crippen molar-refractivity contribution >= 4 is 0 Å². The molecule has 0 bridgehead atoms. The fraction of sp³-hybridized carbons (Fsp3) is 0.190. The summed E-state index contributed by atoms with van der Waals surface area (Å²) in [6, 6.07) is 13.7. The van der Waals surface area contributed by atoms with E-state index in [9.17, 15) is 0 Å². The number of aryl methyl sites for hydroxylation is 4. The second-order valence-corrected chi connectivity index (χ2v) is 5.28. The van der Waals surface area contributed by atoms with Crippen molar-refractivity contribution in [3.05, 3.63) is 89.3 Å². The smallest absolute Gasteiger partial charge is 0.0427 e. The molecule has 0 radical (unpaired) electrons. The van der Waals surface area contributed by atoms with E-state index in [0.717, 1.165) is 22.6 Å². The first-order chi connectivity index (χ1) is 11.5. The molecule has 3 heterocycles. The van der Waals surface area contributed by atoms with Crippen LogP contribution in [-0.2, 0) is 0 Å². The molecule has 0 unspecified atom stereocenters. The first-order valence-electron chi connectivity index (χ1n) is 7.67. The predicted octanol–water partition coefficient (Wildman–Crippen LogP) is 4.46. The zero-order chi connectivity index (χ0) is 17.8. The van der Waals surface area contributed by atoms with Crippen LogP contribution in [0.3, 0.4) is 0 Å². The summed E-state index contributed by atoms with van der Waals surface area (Å²) in [6.45, 7) is 7.92. The first kappa shape index (κ1) is 19.1. The molecule has 3 rings (SSSR count). The second kappa shape index (κ2) is 10.7. The third kappa shape index (κ3) is 8.45. The van der Waals surface area contributed by atoms with E-state index in [1.807, 2.05) is 70.3 Å². The van der Waals surface area contributed by atoms with Gasteiger partial charge in [0.25, 0.3) is 0 Å². The summed E-state index contributed by atoms with van der Waals surface area (Å²) in [4.78, 5) is 12.1. The number of aromatic nitrogens is 3. The monoisotopic (exact) mass is 317 g/mol. The number of rotatable bonds is 0. The number of pyridine rings is 3. The van der Waals surface area contributed by atoms with Gasteiger partial charge in [-0.25, -0.2) is 0 Å². The van der Waals surface area contributed by atoms with Gasteiger partial charge in [-0.05, 0) is 63.6 Å². The first-order valence-corrected chi connectivity index (χ1v) is 7.67. The highest BCUT2D eigenvalue weighted by molar-refractivity contribution is 5.29. The van der Waals surface area contributed by atoms with Gasteiger partial charge in [0.15, 0.2) is 0 Å². The summed E-state index contributed by atoms with van der Waals surface area (Å²) < 4.78 is 0. The zero-order valence-corrected chi connectivity index (χ0v) is 14.7. The van der Waals surface area contributed by atoms with Crippen LogP contribution in [0, 0.1) is 40.0 Å². The zero-order valence-electron chi connectivity index (χ0n) is 14.7. The lowest BCUT2D eigenvalue weighted by Gasteiger charge is -1.89. The van der Waals surface area contributed by atoms with Crippen LogP contribution in [0.4, 0.5) is 0 Å². The maximum absolute atomic E-state index is 5.11. The minimum absolute atomic E-state index is 0.834. The molecule has 0 saturated heterocycles. The molecule has 0 atom stereocenters. The number of nitrogens with zero attached hydrogens (tertiary/aromatic N) is 3. The van der Waals surface area contributed by atoms with Gasteiger partial charge in [-0.15, -0.1) is 6.42 Å². The van der Waals surface area contributed by atoms with E-state index in [1.54, 1.807) is 12.4 Å². The highest BCUT2D eigenvalue weighted by Gasteiger charge is 1.84. The summed E-state index contributed by atoms with van der Waals surface area (Å²) >= 11 is 0. The highest BCUT2D eigenvalue weighted by atomic mass is 14.7. The van der Waals surface area contributed by atoms with Crippen LogP contribution < -0.4 is 0 Å². The van der Waals surface area contributed by atoms with Crippen molar-refractivity contribution in [2.45, 2.75) is 27.7 Å². The van der Waals surface area contributed by atoms with Crippen molar-refractivity contribution in [3.8, 4) is 12.3 Å². The van der Waals surface area contributed by atoms with Gasteiger partial charge >= 0.3 is 0 Å². The third-order valence-corrected chi connectivity index (χ3v) is 2.95. The molecule has 3 aromatic heterocycles. The maximum atomic E-state index is 5.11. The molecule has 0 N–H and O–H groups in total. The Balaban J connectivity index is 0.000000181. The average molecular weight is 317 g/mol. The van der Waals surface area contributed by atoms with Crippen LogP contribution in [0.25, 0.3) is 0 Å². The summed E-state index contributed by atoms with van der Waals surface area (Å²) in [5, 5.41) is 0. The molecule has 0 aliphatic heterocycles. The van der Waals surface area contributed by atoms with Crippen molar-refractivity contribution in [2.24, 2.45) is 0 Å². The van der Waals surface area contributed by atoms with Crippen LogP contribution in [0.1, 0.15) is 28.2 Å². The van der Waals surface area contributed by atoms with Crippen LogP contribution in [0.2, 0.25) is 0 Å². The van der Waals surface area contributed by atoms with Crippen LogP contribution in [-0.4, -0.2) is 15.0 Å². The van der Waals surface area contributed by atoms with Crippen molar-refractivity contribution in [2.75, 3.05) is 0 Å². The van der Waals surface area contributed by atoms with Gasteiger partial charge in [-0.1, -0.05) is 18.1 Å². The normalized spacial score (nSPS) is 8.79. The Morgan fingerprint density at radius 3 is 1.67 bits per heavy atom. The Morgan fingerprint density at radius 1 is 0.708 bits per heavy atom. The van der Waals surface area contributed by atoms with Crippen molar-refractivity contribution in [1.82, 2.24) is 15.0 Å². The second-order valence-electron chi connectivity index (χ2n) is 5.28. The predicted molar refractivity (Wildman–Crippen MR) is 99.6 cm³/mol. The molecule has 3 aromatic rings. The Bertz CT molecular complexity index is 719. The lowest BCUT2D eigenvalue weighted by atomic mass is 10.3. The lowest BCUT2D eigenvalue weighted by Crippen LogP contribution is -1.79. The van der Waals surface area contributed by atoms with Gasteiger partial charge in [0.1, 0.15) is 0 Å². The van der Waals surface area contributed by atoms with E-state index in [4.69, 9.17) is 6.42 Å². The molecule has 24 heavy (non-hydrogen) atoms. The molecule has 0 amide bonds. The molecule has 0 aromatic carbocycles. The number of hydrogen-bond acceptors (Lipinski definition) is 3. The number of hydrogen-bond donors (Lipinski definition) is 0. The van der Waals surface area contributed by atoms with Crippen LogP contribution >= 0.6 is 0 Å². The SMILES string of the molecule is C#Cc1ccc(C)nc1.Cc1ccc(C)nc1.Cc1ccccn1. The van der Waals surface area contributed by atoms with Crippen molar-refractivity contribution < 1.29 is 0 Å². The number of terminal acetylenes is 1. The topological polar surface area (TPSA) is 38.7 Å². The largest absolute Gasteiger partial charge is 0.262 e. The minimum Gasteiger partial charge on any atom is -0.262 e. The van der Waals surface area contributed by atoms with E-state index in [2.05, 4.69) is 26.9 Å². The average Bonchev–Trinajstić information content (AvgIpc) is 2.60. The summed E-state index contributed by atoms with van der Waals surface area (Å²) in [5.74, 6) is 2.49. The highest BCUT2D eigenvalue weighted by Crippen LogP contribution is 1.95. The van der Waals surface area contributed by atoms with Crippen LogP contribution in [0.15, 0.2) is 61.1 Å². The Kier molecular flexibility index (Phi) is 8.49. The Hall–Kier alpha value is -2.99. The Labute approximate surface area is 144 Å². The van der Waals surface area contributed by atoms with Gasteiger partial charge in [0.2, 0.25) is 0 Å². The van der Waals surface area contributed by atoms with Gasteiger partial charge < -0.3 is 0 Å². The van der Waals surface area contributed by atoms with E-state index in [0.29, 0.717) is 0 Å². The van der Waals surface area contributed by atoms with E-state index in [1.165, 1.54) is 5.56 Å². The minimum atomic E-state index is 0.834. The molecule has 0 fully saturated rings. The molecule has 0 aliphatic carbocycles. The molecular formula is C21H23N3. The third-order valence-electron chi connectivity index (χ3n) is 2.95. The Morgan fingerprint density at radius 2 is 1.33 bits per heavy atom. The lowest BCUT2D eigenvalue weighted by molar-refractivity contribution is 1.17. The van der Waals surface area contributed by atoms with Crippen molar-refractivity contribution in [1.29, 1.82) is 0 Å². The van der Waals surface area contributed by atoms with Gasteiger partial charge in [0.05, 0.1) is 0 Å². The quantitative estimate of drug-likeness (QED) is 0.575. The summed E-state index contributed by atoms with van der Waals surface area (Å²) in [6.07, 6.45) is 10.5. The summed E-state index contributed by atoms with van der Waals surface area (Å²) in [7, 11) is 0. The van der Waals surface area contributed by atoms with Crippen molar-refractivity contribution in [3.63, 3.8) is 0 Å². The molecule has 3 nitrogen and oxygen atoms in total. The van der Waals surface area contributed by atoms with E-state index in [-0.39, 0.29) is 0 Å². The van der Waals surface area contributed by atoms with Gasteiger partial charge in [0, 0.05) is 41.2 Å². The summed E-state index contributed by atoms with van der Waals surface area (Å²) in [5.41, 5.74) is 5.20. The molecule has 3 heteroatoms. The van der Waals surface area contributed by atoms with E-state index >= 15 is 0 Å². The molecule has 0 saturated carbocycles. The van der Waals surface area contributed by atoms with Gasteiger partial charge in [-0.2, -0.15) is 0 Å². The maximum Gasteiger partial charge on any atom is 0.0427 e. The fourth-order valence-corrected chi connectivity index (χ4v) is 1.54. The standard InChI is InChI=1S/C8H7N.C7H9N.C6H7N/c1-3-8-5-4-7(2)9-6-8;1-6-3-4-7(2)8-5-6;1-6-4-2-3-5-7-6/h1,4-6H,2H3;3-5H,1-2H3;2-5H,1H3. The molecule has 0 spiro atoms.